The summed E-state index contributed by atoms with van der Waals surface area (Å²) < 4.78 is 4.98. The topological polar surface area (TPSA) is 47.9 Å². The molecule has 0 radical (unpaired) electrons. The van der Waals surface area contributed by atoms with Gasteiger partial charge in [0.15, 0.2) is 0 Å². The number of hydrogen-bond donors (Lipinski definition) is 0. The van der Waals surface area contributed by atoms with Crippen molar-refractivity contribution < 1.29 is 4.74 Å². The average molecular weight is 247 g/mol. The van der Waals surface area contributed by atoms with E-state index in [0.29, 0.717) is 0 Å². The summed E-state index contributed by atoms with van der Waals surface area (Å²) in [7, 11) is 1.69. The fourth-order valence-electron chi connectivity index (χ4n) is 1.30. The first-order valence-corrected chi connectivity index (χ1v) is 6.24. The Bertz CT molecular complexity index is 447. The van der Waals surface area contributed by atoms with Gasteiger partial charge in [0.2, 0.25) is 0 Å². The van der Waals surface area contributed by atoms with Gasteiger partial charge in [0.05, 0.1) is 12.3 Å². The standard InChI is InChI=1S/C12H13N3OS/c1-16-8-9-17-12-3-2-11(14-15-12)10-4-6-13-7-5-10/h2-7H,8-9H2,1H3. The Morgan fingerprint density at radius 3 is 2.59 bits per heavy atom. The molecule has 17 heavy (non-hydrogen) atoms. The number of rotatable bonds is 5. The summed E-state index contributed by atoms with van der Waals surface area (Å²) in [6.07, 6.45) is 3.50. The van der Waals surface area contributed by atoms with Crippen molar-refractivity contribution in [3.05, 3.63) is 36.7 Å². The molecule has 4 nitrogen and oxygen atoms in total. The largest absolute Gasteiger partial charge is 0.384 e. The van der Waals surface area contributed by atoms with Crippen molar-refractivity contribution in [2.45, 2.75) is 5.03 Å². The quantitative estimate of drug-likeness (QED) is 0.599. The van der Waals surface area contributed by atoms with Crippen LogP contribution in [0.1, 0.15) is 0 Å². The predicted molar refractivity (Wildman–Crippen MR) is 67.9 cm³/mol. The van der Waals surface area contributed by atoms with E-state index in [1.54, 1.807) is 31.3 Å². The van der Waals surface area contributed by atoms with Gasteiger partial charge in [-0.3, -0.25) is 4.98 Å². The lowest BCUT2D eigenvalue weighted by Crippen LogP contribution is -1.94. The van der Waals surface area contributed by atoms with Crippen molar-refractivity contribution in [1.82, 2.24) is 15.2 Å². The number of thioether (sulfide) groups is 1. The van der Waals surface area contributed by atoms with Gasteiger partial charge in [0.1, 0.15) is 5.03 Å². The zero-order chi connectivity index (χ0) is 11.9. The SMILES string of the molecule is COCCSc1ccc(-c2ccncc2)nn1. The minimum absolute atomic E-state index is 0.721. The van der Waals surface area contributed by atoms with Crippen molar-refractivity contribution in [1.29, 1.82) is 0 Å². The molecule has 2 aromatic heterocycles. The first kappa shape index (κ1) is 12.0. The van der Waals surface area contributed by atoms with Gasteiger partial charge in [0.25, 0.3) is 0 Å². The third-order valence-corrected chi connectivity index (χ3v) is 3.04. The van der Waals surface area contributed by atoms with E-state index in [1.807, 2.05) is 24.3 Å². The van der Waals surface area contributed by atoms with Gasteiger partial charge in [-0.15, -0.1) is 22.0 Å². The van der Waals surface area contributed by atoms with E-state index in [2.05, 4.69) is 15.2 Å². The van der Waals surface area contributed by atoms with Gasteiger partial charge >= 0.3 is 0 Å². The van der Waals surface area contributed by atoms with Gasteiger partial charge in [-0.2, -0.15) is 0 Å². The highest BCUT2D eigenvalue weighted by Crippen LogP contribution is 2.18. The van der Waals surface area contributed by atoms with Crippen molar-refractivity contribution in [3.8, 4) is 11.3 Å². The van der Waals surface area contributed by atoms with Crippen molar-refractivity contribution >= 4 is 11.8 Å². The molecule has 0 atom stereocenters. The van der Waals surface area contributed by atoms with Crippen LogP contribution in [0.5, 0.6) is 0 Å². The second-order valence-electron chi connectivity index (χ2n) is 3.33. The molecule has 2 aromatic rings. The molecule has 0 saturated heterocycles. The molecule has 5 heteroatoms. The van der Waals surface area contributed by atoms with Crippen LogP contribution in [0.25, 0.3) is 11.3 Å². The van der Waals surface area contributed by atoms with Gasteiger partial charge in [-0.1, -0.05) is 0 Å². The molecular formula is C12H13N3OS. The number of hydrogen-bond acceptors (Lipinski definition) is 5. The van der Waals surface area contributed by atoms with Crippen LogP contribution >= 0.6 is 11.8 Å². The van der Waals surface area contributed by atoms with Crippen LogP contribution in [0, 0.1) is 0 Å². The normalized spacial score (nSPS) is 10.4. The monoisotopic (exact) mass is 247 g/mol. The third-order valence-electron chi connectivity index (χ3n) is 2.15. The molecular weight excluding hydrogens is 234 g/mol. The highest BCUT2D eigenvalue weighted by Gasteiger charge is 2.00. The number of ether oxygens (including phenoxy) is 1. The Balaban J connectivity index is 2.03. The molecule has 0 unspecified atom stereocenters. The van der Waals surface area contributed by atoms with Crippen LogP contribution in [0.4, 0.5) is 0 Å². The number of aromatic nitrogens is 3. The maximum atomic E-state index is 4.98. The molecule has 0 N–H and O–H groups in total. The Labute approximate surface area is 104 Å². The smallest absolute Gasteiger partial charge is 0.119 e. The second kappa shape index (κ2) is 6.32. The first-order chi connectivity index (χ1) is 8.40. The molecule has 0 bridgehead atoms. The summed E-state index contributed by atoms with van der Waals surface area (Å²) in [5.41, 5.74) is 1.89. The molecule has 0 fully saturated rings. The van der Waals surface area contributed by atoms with E-state index in [4.69, 9.17) is 4.74 Å². The Hall–Kier alpha value is -1.46. The molecule has 0 spiro atoms. The molecule has 0 saturated carbocycles. The summed E-state index contributed by atoms with van der Waals surface area (Å²) in [4.78, 5) is 3.97. The van der Waals surface area contributed by atoms with E-state index in [1.165, 1.54) is 0 Å². The molecule has 0 aromatic carbocycles. The maximum absolute atomic E-state index is 4.98. The second-order valence-corrected chi connectivity index (χ2v) is 4.45. The van der Waals surface area contributed by atoms with Gasteiger partial charge in [-0.25, -0.2) is 0 Å². The molecule has 0 aliphatic rings. The molecule has 2 heterocycles. The van der Waals surface area contributed by atoms with E-state index < -0.39 is 0 Å². The summed E-state index contributed by atoms with van der Waals surface area (Å²) >= 11 is 1.64. The Morgan fingerprint density at radius 2 is 1.94 bits per heavy atom. The first-order valence-electron chi connectivity index (χ1n) is 5.26. The van der Waals surface area contributed by atoms with Crippen molar-refractivity contribution in [2.75, 3.05) is 19.5 Å². The van der Waals surface area contributed by atoms with Crippen LogP contribution in [-0.4, -0.2) is 34.7 Å². The summed E-state index contributed by atoms with van der Waals surface area (Å²) in [6, 6.07) is 7.78. The lowest BCUT2D eigenvalue weighted by atomic mass is 10.2. The molecule has 2 rings (SSSR count). The fourth-order valence-corrected chi connectivity index (χ4v) is 2.03. The van der Waals surface area contributed by atoms with Gasteiger partial charge in [0, 0.05) is 30.8 Å². The molecule has 0 amide bonds. The van der Waals surface area contributed by atoms with E-state index in [0.717, 1.165) is 28.6 Å². The van der Waals surface area contributed by atoms with Crippen LogP contribution < -0.4 is 0 Å². The van der Waals surface area contributed by atoms with E-state index in [9.17, 15) is 0 Å². The Morgan fingerprint density at radius 1 is 1.12 bits per heavy atom. The lowest BCUT2D eigenvalue weighted by molar-refractivity contribution is 0.218. The third kappa shape index (κ3) is 3.51. The fraction of sp³-hybridized carbons (Fsp3) is 0.250. The van der Waals surface area contributed by atoms with Crippen LogP contribution in [0.15, 0.2) is 41.7 Å². The van der Waals surface area contributed by atoms with Crippen LogP contribution in [0.2, 0.25) is 0 Å². The van der Waals surface area contributed by atoms with Gasteiger partial charge < -0.3 is 4.74 Å². The van der Waals surface area contributed by atoms with Crippen molar-refractivity contribution in [3.63, 3.8) is 0 Å². The molecule has 88 valence electrons. The summed E-state index contributed by atoms with van der Waals surface area (Å²) in [5, 5.41) is 9.27. The maximum Gasteiger partial charge on any atom is 0.119 e. The highest BCUT2D eigenvalue weighted by atomic mass is 32.2. The minimum atomic E-state index is 0.721. The molecule has 0 aliphatic carbocycles. The Kier molecular flexibility index (Phi) is 4.46. The lowest BCUT2D eigenvalue weighted by Gasteiger charge is -2.01. The molecule has 0 aliphatic heterocycles. The number of methoxy groups -OCH3 is 1. The van der Waals surface area contributed by atoms with Gasteiger partial charge in [-0.05, 0) is 24.3 Å². The zero-order valence-corrected chi connectivity index (χ0v) is 10.4. The summed E-state index contributed by atoms with van der Waals surface area (Å²) in [5.74, 6) is 0.889. The summed E-state index contributed by atoms with van der Waals surface area (Å²) in [6.45, 7) is 0.721. The zero-order valence-electron chi connectivity index (χ0n) is 9.54. The van der Waals surface area contributed by atoms with Crippen LogP contribution in [0.3, 0.4) is 0 Å². The van der Waals surface area contributed by atoms with E-state index >= 15 is 0 Å². The van der Waals surface area contributed by atoms with Crippen molar-refractivity contribution in [2.24, 2.45) is 0 Å². The average Bonchev–Trinajstić information content (AvgIpc) is 2.41. The number of nitrogens with zero attached hydrogens (tertiary/aromatic N) is 3. The van der Waals surface area contributed by atoms with Crippen LogP contribution in [-0.2, 0) is 4.74 Å². The van der Waals surface area contributed by atoms with E-state index in [-0.39, 0.29) is 0 Å². The minimum Gasteiger partial charge on any atom is -0.384 e. The highest BCUT2D eigenvalue weighted by molar-refractivity contribution is 7.99. The number of pyridine rings is 1. The predicted octanol–water partition coefficient (Wildman–Crippen LogP) is 2.28.